The first-order valence-electron chi connectivity index (χ1n) is 9.44. The molecule has 0 heterocycles. The van der Waals surface area contributed by atoms with Gasteiger partial charge >= 0.3 is 6.18 Å². The van der Waals surface area contributed by atoms with Gasteiger partial charge in [-0.15, -0.1) is 0 Å². The second kappa shape index (κ2) is 9.82. The minimum absolute atomic E-state index is 0.185. The van der Waals surface area contributed by atoms with Crippen LogP contribution in [-0.4, -0.2) is 28.0 Å². The number of anilines is 2. The number of hydrogen-bond donors (Lipinski definition) is 2. The summed E-state index contributed by atoms with van der Waals surface area (Å²) in [6.45, 7) is -0.319. The highest BCUT2D eigenvalue weighted by Gasteiger charge is 2.30. The van der Waals surface area contributed by atoms with Crippen LogP contribution in [0.5, 0.6) is 11.5 Å². The van der Waals surface area contributed by atoms with Crippen LogP contribution >= 0.6 is 0 Å². The van der Waals surface area contributed by atoms with Crippen molar-refractivity contribution in [3.05, 3.63) is 78.4 Å². The normalized spacial score (nSPS) is 11.5. The van der Waals surface area contributed by atoms with Crippen LogP contribution in [0.1, 0.15) is 5.56 Å². The number of carbonyl (C=O) groups excluding carboxylic acids is 1. The van der Waals surface area contributed by atoms with Crippen LogP contribution in [0.3, 0.4) is 0 Å². The number of nitrogens with one attached hydrogen (secondary N) is 2. The number of benzene rings is 3. The smallest absolute Gasteiger partial charge is 0.416 e. The van der Waals surface area contributed by atoms with Crippen molar-refractivity contribution >= 4 is 27.3 Å². The average Bonchev–Trinajstić information content (AvgIpc) is 2.78. The molecule has 2 N–H and O–H groups in total. The highest BCUT2D eigenvalue weighted by atomic mass is 32.2. The van der Waals surface area contributed by atoms with Crippen LogP contribution in [0.2, 0.25) is 0 Å². The number of alkyl halides is 3. The van der Waals surface area contributed by atoms with E-state index in [2.05, 4.69) is 10.0 Å². The minimum Gasteiger partial charge on any atom is -0.497 e. The van der Waals surface area contributed by atoms with Gasteiger partial charge in [-0.05, 0) is 66.7 Å². The molecular weight excluding hydrogens is 461 g/mol. The molecule has 0 radical (unpaired) electrons. The van der Waals surface area contributed by atoms with Crippen molar-refractivity contribution in [1.29, 1.82) is 0 Å². The summed E-state index contributed by atoms with van der Waals surface area (Å²) in [4.78, 5) is 11.8. The van der Waals surface area contributed by atoms with Crippen LogP contribution in [-0.2, 0) is 21.0 Å². The highest BCUT2D eigenvalue weighted by molar-refractivity contribution is 7.92. The Morgan fingerprint density at radius 2 is 1.55 bits per heavy atom. The summed E-state index contributed by atoms with van der Waals surface area (Å²) in [5, 5.41) is 2.64. The summed E-state index contributed by atoms with van der Waals surface area (Å²) >= 11 is 0. The molecule has 0 unspecified atom stereocenters. The third kappa shape index (κ3) is 6.62. The number of sulfonamides is 1. The SMILES string of the molecule is COc1ccc(NC(=O)COc2ccc(S(=O)(=O)Nc3cccc(C(F)(F)F)c3)cc2)cc1. The van der Waals surface area contributed by atoms with Crippen LogP contribution in [0.15, 0.2) is 77.7 Å². The van der Waals surface area contributed by atoms with Gasteiger partial charge in [-0.2, -0.15) is 13.2 Å². The Bertz CT molecular complexity index is 1210. The summed E-state index contributed by atoms with van der Waals surface area (Å²) in [6, 6.07) is 15.7. The predicted octanol–water partition coefficient (Wildman–Crippen LogP) is 4.53. The van der Waals surface area contributed by atoms with E-state index in [0.717, 1.165) is 12.1 Å². The van der Waals surface area contributed by atoms with Crippen molar-refractivity contribution in [3.63, 3.8) is 0 Å². The summed E-state index contributed by atoms with van der Waals surface area (Å²) in [5.41, 5.74) is -0.647. The fraction of sp³-hybridized carbons (Fsp3) is 0.136. The lowest BCUT2D eigenvalue weighted by atomic mass is 10.2. The van der Waals surface area contributed by atoms with Crippen molar-refractivity contribution in [2.24, 2.45) is 0 Å². The number of amides is 1. The van der Waals surface area contributed by atoms with E-state index in [0.29, 0.717) is 17.5 Å². The molecule has 0 fully saturated rings. The molecule has 0 saturated heterocycles. The summed E-state index contributed by atoms with van der Waals surface area (Å²) in [7, 11) is -2.61. The molecule has 0 saturated carbocycles. The number of methoxy groups -OCH3 is 1. The zero-order valence-electron chi connectivity index (χ0n) is 17.2. The van der Waals surface area contributed by atoms with E-state index in [4.69, 9.17) is 9.47 Å². The predicted molar refractivity (Wildman–Crippen MR) is 116 cm³/mol. The van der Waals surface area contributed by atoms with Crippen molar-refractivity contribution in [1.82, 2.24) is 0 Å². The van der Waals surface area contributed by atoms with Gasteiger partial charge in [0.1, 0.15) is 11.5 Å². The van der Waals surface area contributed by atoms with Gasteiger partial charge < -0.3 is 14.8 Å². The van der Waals surface area contributed by atoms with E-state index in [1.54, 1.807) is 24.3 Å². The van der Waals surface area contributed by atoms with Gasteiger partial charge in [-0.3, -0.25) is 9.52 Å². The maximum Gasteiger partial charge on any atom is 0.416 e. The first kappa shape index (κ1) is 23.9. The second-order valence-corrected chi connectivity index (χ2v) is 8.40. The zero-order chi connectivity index (χ0) is 24.1. The van der Waals surface area contributed by atoms with E-state index in [9.17, 15) is 26.4 Å². The Labute approximate surface area is 188 Å². The molecule has 3 aromatic carbocycles. The Morgan fingerprint density at radius 3 is 2.15 bits per heavy atom. The van der Waals surface area contributed by atoms with Crippen LogP contribution in [0, 0.1) is 0 Å². The molecule has 0 aliphatic carbocycles. The molecule has 3 aromatic rings. The van der Waals surface area contributed by atoms with Gasteiger partial charge in [0.2, 0.25) is 0 Å². The van der Waals surface area contributed by atoms with Crippen LogP contribution < -0.4 is 19.5 Å². The molecule has 0 spiro atoms. The Balaban J connectivity index is 1.59. The third-order valence-corrected chi connectivity index (χ3v) is 5.72. The zero-order valence-corrected chi connectivity index (χ0v) is 18.0. The maximum atomic E-state index is 12.8. The minimum atomic E-state index is -4.60. The standard InChI is InChI=1S/C22H19F3N2O5S/c1-31-18-7-5-16(6-8-18)26-21(28)14-32-19-9-11-20(12-10-19)33(29,30)27-17-4-2-3-15(13-17)22(23,24)25/h2-13,27H,14H2,1H3,(H,26,28). The van der Waals surface area contributed by atoms with E-state index >= 15 is 0 Å². The quantitative estimate of drug-likeness (QED) is 0.494. The maximum absolute atomic E-state index is 12.8. The van der Waals surface area contributed by atoms with Crippen molar-refractivity contribution in [3.8, 4) is 11.5 Å². The molecule has 174 valence electrons. The number of carbonyl (C=O) groups is 1. The molecule has 1 amide bonds. The number of rotatable bonds is 8. The third-order valence-electron chi connectivity index (χ3n) is 4.32. The summed E-state index contributed by atoms with van der Waals surface area (Å²) in [5.74, 6) is 0.447. The Hall–Kier alpha value is -3.73. The van der Waals surface area contributed by atoms with Gasteiger partial charge in [0.05, 0.1) is 17.6 Å². The van der Waals surface area contributed by atoms with Crippen molar-refractivity contribution < 1.29 is 35.9 Å². The Morgan fingerprint density at radius 1 is 0.909 bits per heavy atom. The molecular formula is C22H19F3N2O5S. The molecule has 0 atom stereocenters. The van der Waals surface area contributed by atoms with Gasteiger partial charge in [0.15, 0.2) is 6.61 Å². The summed E-state index contributed by atoms with van der Waals surface area (Å²) in [6.07, 6.45) is -4.60. The Kier molecular flexibility index (Phi) is 7.12. The molecule has 7 nitrogen and oxygen atoms in total. The molecule has 3 rings (SSSR count). The van der Waals surface area contributed by atoms with E-state index in [1.165, 1.54) is 37.4 Å². The van der Waals surface area contributed by atoms with Gasteiger partial charge in [-0.1, -0.05) is 6.07 Å². The van der Waals surface area contributed by atoms with Crippen molar-refractivity contribution in [2.75, 3.05) is 23.8 Å². The molecule has 0 aromatic heterocycles. The van der Waals surface area contributed by atoms with E-state index < -0.39 is 27.7 Å². The lowest BCUT2D eigenvalue weighted by Crippen LogP contribution is -2.20. The van der Waals surface area contributed by atoms with Gasteiger partial charge in [-0.25, -0.2) is 8.42 Å². The van der Waals surface area contributed by atoms with E-state index in [-0.39, 0.29) is 22.9 Å². The number of hydrogen-bond acceptors (Lipinski definition) is 5. The first-order chi connectivity index (χ1) is 15.6. The molecule has 33 heavy (non-hydrogen) atoms. The highest BCUT2D eigenvalue weighted by Crippen LogP contribution is 2.31. The first-order valence-corrected chi connectivity index (χ1v) is 10.9. The molecule has 0 bridgehead atoms. The second-order valence-electron chi connectivity index (χ2n) is 6.72. The van der Waals surface area contributed by atoms with E-state index in [1.807, 2.05) is 0 Å². The fourth-order valence-corrected chi connectivity index (χ4v) is 3.76. The lowest BCUT2D eigenvalue weighted by molar-refractivity contribution is -0.137. The number of halogens is 3. The van der Waals surface area contributed by atoms with Gasteiger partial charge in [0, 0.05) is 11.4 Å². The van der Waals surface area contributed by atoms with Crippen molar-refractivity contribution in [2.45, 2.75) is 11.1 Å². The lowest BCUT2D eigenvalue weighted by Gasteiger charge is -2.12. The largest absolute Gasteiger partial charge is 0.497 e. The molecule has 0 aliphatic rings. The van der Waals surface area contributed by atoms with Gasteiger partial charge in [0.25, 0.3) is 15.9 Å². The average molecular weight is 480 g/mol. The monoisotopic (exact) mass is 480 g/mol. The number of ether oxygens (including phenoxy) is 2. The summed E-state index contributed by atoms with van der Waals surface area (Å²) < 4.78 is 75.9. The molecule has 0 aliphatic heterocycles. The van der Waals surface area contributed by atoms with Crippen LogP contribution in [0.25, 0.3) is 0 Å². The molecule has 11 heteroatoms. The van der Waals surface area contributed by atoms with Crippen LogP contribution in [0.4, 0.5) is 24.5 Å². The fourth-order valence-electron chi connectivity index (χ4n) is 2.71. The topological polar surface area (TPSA) is 93.7 Å².